The van der Waals surface area contributed by atoms with Crippen LogP contribution >= 0.6 is 0 Å². The smallest absolute Gasteiger partial charge is 0.232 e. The molecule has 1 aliphatic heterocycles. The minimum absolute atomic E-state index is 0.0812. The quantitative estimate of drug-likeness (QED) is 0.720. The molecule has 1 aromatic carbocycles. The third kappa shape index (κ3) is 2.96. The zero-order chi connectivity index (χ0) is 18.1. The SMILES string of the molecule is CCc1ccc(N2CC(c3nc(-c4ccncc4)no3)CC2=O)cc1F. The largest absolute Gasteiger partial charge is 0.339 e. The van der Waals surface area contributed by atoms with Crippen LogP contribution in [0.4, 0.5) is 10.1 Å². The molecule has 1 atom stereocenters. The lowest BCUT2D eigenvalue weighted by Gasteiger charge is -2.17. The molecule has 1 saturated heterocycles. The molecule has 0 aliphatic carbocycles. The third-order valence-electron chi connectivity index (χ3n) is 4.58. The molecular weight excluding hydrogens is 335 g/mol. The molecule has 0 saturated carbocycles. The Morgan fingerprint density at radius 2 is 2.08 bits per heavy atom. The van der Waals surface area contributed by atoms with E-state index in [0.717, 1.165) is 5.56 Å². The Morgan fingerprint density at radius 3 is 2.81 bits per heavy atom. The average Bonchev–Trinajstić information content (AvgIpc) is 3.29. The van der Waals surface area contributed by atoms with Gasteiger partial charge < -0.3 is 9.42 Å². The second-order valence-electron chi connectivity index (χ2n) is 6.23. The molecule has 2 aromatic heterocycles. The van der Waals surface area contributed by atoms with E-state index >= 15 is 0 Å². The summed E-state index contributed by atoms with van der Waals surface area (Å²) in [5.74, 6) is 0.297. The highest BCUT2D eigenvalue weighted by Crippen LogP contribution is 2.32. The Kier molecular flexibility index (Phi) is 4.20. The predicted octanol–water partition coefficient (Wildman–Crippen LogP) is 3.35. The first-order valence-corrected chi connectivity index (χ1v) is 8.48. The van der Waals surface area contributed by atoms with Gasteiger partial charge in [0.1, 0.15) is 5.82 Å². The molecule has 0 N–H and O–H groups in total. The van der Waals surface area contributed by atoms with E-state index in [1.54, 1.807) is 41.6 Å². The molecule has 3 heterocycles. The van der Waals surface area contributed by atoms with Crippen molar-refractivity contribution >= 4 is 11.6 Å². The summed E-state index contributed by atoms with van der Waals surface area (Å²) >= 11 is 0. The third-order valence-corrected chi connectivity index (χ3v) is 4.58. The molecule has 1 amide bonds. The topological polar surface area (TPSA) is 72.1 Å². The van der Waals surface area contributed by atoms with E-state index in [2.05, 4.69) is 15.1 Å². The van der Waals surface area contributed by atoms with Gasteiger partial charge >= 0.3 is 0 Å². The summed E-state index contributed by atoms with van der Waals surface area (Å²) in [7, 11) is 0. The lowest BCUT2D eigenvalue weighted by molar-refractivity contribution is -0.117. The van der Waals surface area contributed by atoms with Gasteiger partial charge in [0, 0.05) is 36.6 Å². The Morgan fingerprint density at radius 1 is 1.27 bits per heavy atom. The average molecular weight is 352 g/mol. The molecule has 6 nitrogen and oxygen atoms in total. The number of rotatable bonds is 4. The van der Waals surface area contributed by atoms with E-state index in [9.17, 15) is 9.18 Å². The summed E-state index contributed by atoms with van der Waals surface area (Å²) in [5.41, 5.74) is 1.99. The van der Waals surface area contributed by atoms with Gasteiger partial charge in [0.2, 0.25) is 17.6 Å². The van der Waals surface area contributed by atoms with E-state index in [-0.39, 0.29) is 24.1 Å². The lowest BCUT2D eigenvalue weighted by atomic mass is 10.1. The number of halogens is 1. The molecule has 132 valence electrons. The van der Waals surface area contributed by atoms with Crippen LogP contribution < -0.4 is 4.90 Å². The van der Waals surface area contributed by atoms with Crippen LogP contribution in [0.2, 0.25) is 0 Å². The predicted molar refractivity (Wildman–Crippen MR) is 93.0 cm³/mol. The zero-order valence-electron chi connectivity index (χ0n) is 14.2. The van der Waals surface area contributed by atoms with Gasteiger partial charge in [-0.3, -0.25) is 9.78 Å². The number of hydrogen-bond acceptors (Lipinski definition) is 5. The van der Waals surface area contributed by atoms with Gasteiger partial charge in [-0.15, -0.1) is 0 Å². The molecule has 7 heteroatoms. The van der Waals surface area contributed by atoms with Crippen molar-refractivity contribution in [3.8, 4) is 11.4 Å². The Bertz CT molecular complexity index is 942. The summed E-state index contributed by atoms with van der Waals surface area (Å²) in [6, 6.07) is 8.49. The van der Waals surface area contributed by atoms with Crippen LogP contribution in [0.5, 0.6) is 0 Å². The molecular formula is C19H17FN4O2. The van der Waals surface area contributed by atoms with E-state index in [1.165, 1.54) is 6.07 Å². The van der Waals surface area contributed by atoms with Crippen molar-refractivity contribution < 1.29 is 13.7 Å². The molecule has 3 aromatic rings. The van der Waals surface area contributed by atoms with E-state index in [0.29, 0.717) is 35.9 Å². The molecule has 4 rings (SSSR count). The van der Waals surface area contributed by atoms with Crippen molar-refractivity contribution in [1.29, 1.82) is 0 Å². The number of anilines is 1. The monoisotopic (exact) mass is 352 g/mol. The van der Waals surface area contributed by atoms with Gasteiger partial charge in [0.15, 0.2) is 0 Å². The van der Waals surface area contributed by atoms with E-state index in [4.69, 9.17) is 4.52 Å². The number of benzene rings is 1. The maximum absolute atomic E-state index is 14.1. The van der Waals surface area contributed by atoms with Crippen LogP contribution in [0.1, 0.15) is 30.7 Å². The van der Waals surface area contributed by atoms with Crippen molar-refractivity contribution in [2.45, 2.75) is 25.7 Å². The minimum Gasteiger partial charge on any atom is -0.339 e. The van der Waals surface area contributed by atoms with Gasteiger partial charge in [-0.25, -0.2) is 4.39 Å². The number of amides is 1. The summed E-state index contributed by atoms with van der Waals surface area (Å²) < 4.78 is 19.4. The Labute approximate surface area is 149 Å². The first-order valence-electron chi connectivity index (χ1n) is 8.48. The van der Waals surface area contributed by atoms with Crippen molar-refractivity contribution in [2.24, 2.45) is 0 Å². The zero-order valence-corrected chi connectivity index (χ0v) is 14.2. The number of nitrogens with zero attached hydrogens (tertiary/aromatic N) is 4. The summed E-state index contributed by atoms with van der Waals surface area (Å²) in [5, 5.41) is 3.99. The van der Waals surface area contributed by atoms with Crippen molar-refractivity contribution in [3.63, 3.8) is 0 Å². The minimum atomic E-state index is -0.293. The van der Waals surface area contributed by atoms with Crippen molar-refractivity contribution in [3.05, 3.63) is 60.0 Å². The highest BCUT2D eigenvalue weighted by Gasteiger charge is 2.35. The molecule has 0 spiro atoms. The van der Waals surface area contributed by atoms with Crippen LogP contribution in [-0.4, -0.2) is 27.6 Å². The van der Waals surface area contributed by atoms with Gasteiger partial charge in [0.25, 0.3) is 0 Å². The summed E-state index contributed by atoms with van der Waals surface area (Å²) in [4.78, 5) is 22.4. The number of aryl methyl sites for hydroxylation is 1. The molecule has 1 fully saturated rings. The van der Waals surface area contributed by atoms with Crippen LogP contribution in [0.25, 0.3) is 11.4 Å². The number of aromatic nitrogens is 3. The molecule has 1 unspecified atom stereocenters. The fourth-order valence-corrected chi connectivity index (χ4v) is 3.13. The van der Waals surface area contributed by atoms with Crippen molar-refractivity contribution in [2.75, 3.05) is 11.4 Å². The summed E-state index contributed by atoms with van der Waals surface area (Å²) in [6.45, 7) is 2.28. The lowest BCUT2D eigenvalue weighted by Crippen LogP contribution is -2.24. The van der Waals surface area contributed by atoms with E-state index in [1.807, 2.05) is 6.92 Å². The van der Waals surface area contributed by atoms with Crippen molar-refractivity contribution in [1.82, 2.24) is 15.1 Å². The normalized spacial score (nSPS) is 17.1. The number of carbonyl (C=O) groups is 1. The van der Waals surface area contributed by atoms with Crippen LogP contribution in [0.15, 0.2) is 47.2 Å². The molecule has 0 bridgehead atoms. The standard InChI is InChI=1S/C19H17FN4O2/c1-2-12-3-4-15(10-16(12)20)24-11-14(9-17(24)25)19-22-18(23-26-19)13-5-7-21-8-6-13/h3-8,10,14H,2,9,11H2,1H3. The maximum Gasteiger partial charge on any atom is 0.232 e. The first-order chi connectivity index (χ1) is 12.7. The Balaban J connectivity index is 1.55. The van der Waals surface area contributed by atoms with Gasteiger partial charge in [0.05, 0.1) is 5.92 Å². The highest BCUT2D eigenvalue weighted by atomic mass is 19.1. The number of hydrogen-bond donors (Lipinski definition) is 0. The Hall–Kier alpha value is -3.09. The molecule has 1 aliphatic rings. The molecule has 26 heavy (non-hydrogen) atoms. The van der Waals surface area contributed by atoms with E-state index < -0.39 is 0 Å². The fourth-order valence-electron chi connectivity index (χ4n) is 3.13. The van der Waals surface area contributed by atoms with Crippen LogP contribution in [-0.2, 0) is 11.2 Å². The first kappa shape index (κ1) is 16.4. The number of carbonyl (C=O) groups excluding carboxylic acids is 1. The van der Waals surface area contributed by atoms with Crippen LogP contribution in [0.3, 0.4) is 0 Å². The van der Waals surface area contributed by atoms with Gasteiger partial charge in [-0.05, 0) is 36.2 Å². The van der Waals surface area contributed by atoms with Crippen LogP contribution in [0, 0.1) is 5.82 Å². The van der Waals surface area contributed by atoms with Gasteiger partial charge in [-0.1, -0.05) is 18.1 Å². The fraction of sp³-hybridized carbons (Fsp3) is 0.263. The maximum atomic E-state index is 14.1. The summed E-state index contributed by atoms with van der Waals surface area (Å²) in [6.07, 6.45) is 4.18. The molecule has 0 radical (unpaired) electrons. The number of pyridine rings is 1. The second kappa shape index (κ2) is 6.67. The second-order valence-corrected chi connectivity index (χ2v) is 6.23. The highest BCUT2D eigenvalue weighted by molar-refractivity contribution is 5.96. The van der Waals surface area contributed by atoms with Gasteiger partial charge in [-0.2, -0.15) is 4.98 Å².